The van der Waals surface area contributed by atoms with Crippen LogP contribution < -0.4 is 15.0 Å². The van der Waals surface area contributed by atoms with Crippen molar-refractivity contribution in [2.75, 3.05) is 19.8 Å². The number of carbonyl (C=O) groups excluding carboxylic acids is 1. The van der Waals surface area contributed by atoms with Gasteiger partial charge in [-0.2, -0.15) is 5.10 Å². The topological polar surface area (TPSA) is 73.7 Å². The summed E-state index contributed by atoms with van der Waals surface area (Å²) in [7, 11) is 1.58. The third-order valence-electron chi connectivity index (χ3n) is 5.62. The van der Waals surface area contributed by atoms with Crippen molar-refractivity contribution in [2.24, 2.45) is 7.05 Å². The molecule has 29 heavy (non-hydrogen) atoms. The molecule has 0 N–H and O–H groups in total. The molecule has 0 saturated carbocycles. The molecule has 1 atom stereocenters. The van der Waals surface area contributed by atoms with Crippen molar-refractivity contribution in [2.45, 2.75) is 18.9 Å². The molecule has 0 radical (unpaired) electrons. The molecule has 0 aliphatic carbocycles. The van der Waals surface area contributed by atoms with Gasteiger partial charge in [0, 0.05) is 19.0 Å². The summed E-state index contributed by atoms with van der Waals surface area (Å²) >= 11 is 0. The van der Waals surface area contributed by atoms with Gasteiger partial charge >= 0.3 is 0 Å². The molecule has 0 unspecified atom stereocenters. The Morgan fingerprint density at radius 1 is 1.07 bits per heavy atom. The molecule has 5 rings (SSSR count). The predicted molar refractivity (Wildman–Crippen MR) is 107 cm³/mol. The summed E-state index contributed by atoms with van der Waals surface area (Å²) < 4.78 is 12.6. The Balaban J connectivity index is 1.54. The number of hydrogen-bond donors (Lipinski definition) is 0. The summed E-state index contributed by atoms with van der Waals surface area (Å²) in [6.45, 7) is 1.72. The molecule has 7 nitrogen and oxygen atoms in total. The van der Waals surface area contributed by atoms with Crippen LogP contribution in [0.25, 0.3) is 10.8 Å². The largest absolute Gasteiger partial charge is 0.486 e. The smallest absolute Gasteiger partial charge is 0.275 e. The van der Waals surface area contributed by atoms with E-state index in [1.54, 1.807) is 25.2 Å². The first-order chi connectivity index (χ1) is 14.1. The summed E-state index contributed by atoms with van der Waals surface area (Å²) in [6, 6.07) is 13.0. The minimum absolute atomic E-state index is 0.0591. The number of likely N-dealkylation sites (tertiary alicyclic amines) is 1. The average molecular weight is 391 g/mol. The summed E-state index contributed by atoms with van der Waals surface area (Å²) in [4.78, 5) is 27.7. The molecule has 2 aliphatic rings. The summed E-state index contributed by atoms with van der Waals surface area (Å²) in [5.74, 6) is 1.30. The maximum Gasteiger partial charge on any atom is 0.275 e. The molecule has 0 spiro atoms. The number of aryl methyl sites for hydroxylation is 1. The van der Waals surface area contributed by atoms with Crippen LogP contribution in [0.15, 0.2) is 47.3 Å². The van der Waals surface area contributed by atoms with E-state index in [4.69, 9.17) is 9.47 Å². The van der Waals surface area contributed by atoms with E-state index in [0.717, 1.165) is 29.9 Å². The Kier molecular flexibility index (Phi) is 4.23. The molecule has 2 aliphatic heterocycles. The first kappa shape index (κ1) is 17.7. The molecular formula is C22H21N3O4. The molecule has 1 saturated heterocycles. The lowest BCUT2D eigenvalue weighted by Crippen LogP contribution is -2.33. The number of amides is 1. The highest BCUT2D eigenvalue weighted by Crippen LogP contribution is 2.38. The zero-order valence-electron chi connectivity index (χ0n) is 16.1. The number of rotatable bonds is 2. The van der Waals surface area contributed by atoms with E-state index in [1.165, 1.54) is 4.68 Å². The van der Waals surface area contributed by atoms with Gasteiger partial charge in [0.15, 0.2) is 17.2 Å². The highest BCUT2D eigenvalue weighted by atomic mass is 16.6. The van der Waals surface area contributed by atoms with E-state index in [-0.39, 0.29) is 17.5 Å². The Morgan fingerprint density at radius 3 is 2.66 bits per heavy atom. The maximum atomic E-state index is 13.5. The van der Waals surface area contributed by atoms with Gasteiger partial charge < -0.3 is 14.4 Å². The van der Waals surface area contributed by atoms with Crippen molar-refractivity contribution in [1.29, 1.82) is 0 Å². The minimum Gasteiger partial charge on any atom is -0.486 e. The lowest BCUT2D eigenvalue weighted by molar-refractivity contribution is 0.0729. The summed E-state index contributed by atoms with van der Waals surface area (Å²) in [5.41, 5.74) is 1.13. The van der Waals surface area contributed by atoms with Crippen molar-refractivity contribution in [1.82, 2.24) is 14.7 Å². The molecule has 1 amide bonds. The fourth-order valence-electron chi connectivity index (χ4n) is 4.22. The van der Waals surface area contributed by atoms with Crippen LogP contribution in [0.5, 0.6) is 11.5 Å². The molecule has 148 valence electrons. The van der Waals surface area contributed by atoms with Crippen LogP contribution in [-0.2, 0) is 7.05 Å². The number of carbonyl (C=O) groups is 1. The average Bonchev–Trinajstić information content (AvgIpc) is 3.25. The van der Waals surface area contributed by atoms with Gasteiger partial charge in [0.2, 0.25) is 0 Å². The second kappa shape index (κ2) is 6.92. The lowest BCUT2D eigenvalue weighted by atomic mass is 10.0. The van der Waals surface area contributed by atoms with E-state index >= 15 is 0 Å². The van der Waals surface area contributed by atoms with Gasteiger partial charge in [-0.3, -0.25) is 9.59 Å². The lowest BCUT2D eigenvalue weighted by Gasteiger charge is -2.27. The molecule has 3 aromatic rings. The Bertz CT molecular complexity index is 1170. The number of ether oxygens (including phenoxy) is 2. The van der Waals surface area contributed by atoms with Gasteiger partial charge in [-0.1, -0.05) is 24.3 Å². The number of nitrogens with zero attached hydrogens (tertiary/aromatic N) is 3. The van der Waals surface area contributed by atoms with E-state index in [1.807, 2.05) is 29.2 Å². The van der Waals surface area contributed by atoms with Crippen LogP contribution in [0.3, 0.4) is 0 Å². The van der Waals surface area contributed by atoms with E-state index in [2.05, 4.69) is 5.10 Å². The maximum absolute atomic E-state index is 13.5. The molecule has 1 fully saturated rings. The van der Waals surface area contributed by atoms with E-state index in [9.17, 15) is 9.59 Å². The highest BCUT2D eigenvalue weighted by Gasteiger charge is 2.33. The SMILES string of the molecule is Cn1nc(C(=O)N2CCC[C@H]2c2ccc3c(c2)OCCO3)c2ccccc2c1=O. The van der Waals surface area contributed by atoms with Crippen LogP contribution in [0.2, 0.25) is 0 Å². The van der Waals surface area contributed by atoms with Crippen molar-refractivity contribution in [3.63, 3.8) is 0 Å². The van der Waals surface area contributed by atoms with Gasteiger partial charge in [0.1, 0.15) is 13.2 Å². The summed E-state index contributed by atoms with van der Waals surface area (Å²) in [6.07, 6.45) is 1.78. The van der Waals surface area contributed by atoms with Crippen molar-refractivity contribution in [3.8, 4) is 11.5 Å². The molecule has 7 heteroatoms. The van der Waals surface area contributed by atoms with Crippen LogP contribution in [-0.4, -0.2) is 40.3 Å². The molecular weight excluding hydrogens is 370 g/mol. The standard InChI is InChI=1S/C22H21N3O4/c1-24-21(26)16-6-3-2-5-15(16)20(23-24)22(27)25-10-4-7-17(25)14-8-9-18-19(13-14)29-12-11-28-18/h2-3,5-6,8-9,13,17H,4,7,10-12H2,1H3/t17-/m0/s1. The number of aromatic nitrogens is 2. The number of hydrogen-bond acceptors (Lipinski definition) is 5. The highest BCUT2D eigenvalue weighted by molar-refractivity contribution is 6.05. The third-order valence-corrected chi connectivity index (χ3v) is 5.62. The van der Waals surface area contributed by atoms with Crippen LogP contribution in [0.1, 0.15) is 34.9 Å². The fraction of sp³-hybridized carbons (Fsp3) is 0.318. The monoisotopic (exact) mass is 391 g/mol. The summed E-state index contributed by atoms with van der Waals surface area (Å²) in [5, 5.41) is 5.41. The van der Waals surface area contributed by atoms with Crippen LogP contribution in [0, 0.1) is 0 Å². The van der Waals surface area contributed by atoms with Gasteiger partial charge in [0.05, 0.1) is 11.4 Å². The normalized spacial score (nSPS) is 18.2. The first-order valence-electron chi connectivity index (χ1n) is 9.80. The molecule has 3 heterocycles. The second-order valence-corrected chi connectivity index (χ2v) is 7.38. The van der Waals surface area contributed by atoms with Gasteiger partial charge in [0.25, 0.3) is 11.5 Å². The van der Waals surface area contributed by atoms with Crippen molar-refractivity contribution >= 4 is 16.7 Å². The minimum atomic E-state index is -0.207. The quantitative estimate of drug-likeness (QED) is 0.672. The van der Waals surface area contributed by atoms with Crippen LogP contribution >= 0.6 is 0 Å². The zero-order valence-corrected chi connectivity index (χ0v) is 16.1. The van der Waals surface area contributed by atoms with Gasteiger partial charge in [-0.05, 0) is 36.6 Å². The predicted octanol–water partition coefficient (Wildman–Crippen LogP) is 2.68. The van der Waals surface area contributed by atoms with Gasteiger partial charge in [-0.25, -0.2) is 4.68 Å². The Labute approximate surface area is 167 Å². The fourth-order valence-corrected chi connectivity index (χ4v) is 4.22. The first-order valence-corrected chi connectivity index (χ1v) is 9.80. The van der Waals surface area contributed by atoms with Crippen molar-refractivity contribution in [3.05, 3.63) is 64.1 Å². The molecule has 0 bridgehead atoms. The molecule has 2 aromatic carbocycles. The molecule has 1 aromatic heterocycles. The zero-order chi connectivity index (χ0) is 20.0. The van der Waals surface area contributed by atoms with Crippen LogP contribution in [0.4, 0.5) is 0 Å². The number of benzene rings is 2. The second-order valence-electron chi connectivity index (χ2n) is 7.38. The van der Waals surface area contributed by atoms with E-state index in [0.29, 0.717) is 36.2 Å². The Morgan fingerprint density at radius 2 is 1.83 bits per heavy atom. The van der Waals surface area contributed by atoms with Crippen molar-refractivity contribution < 1.29 is 14.3 Å². The van der Waals surface area contributed by atoms with E-state index < -0.39 is 0 Å². The Hall–Kier alpha value is -3.35. The number of fused-ring (bicyclic) bond motifs is 2. The van der Waals surface area contributed by atoms with Gasteiger partial charge in [-0.15, -0.1) is 0 Å². The third kappa shape index (κ3) is 2.93.